The molecular formula is C15H22O4. The molecule has 2 rings (SSSR count). The molecule has 1 saturated heterocycles. The van der Waals surface area contributed by atoms with Crippen LogP contribution in [0.15, 0.2) is 24.3 Å². The van der Waals surface area contributed by atoms with Gasteiger partial charge in [0.15, 0.2) is 0 Å². The first-order valence-electron chi connectivity index (χ1n) is 6.79. The van der Waals surface area contributed by atoms with Gasteiger partial charge in [-0.1, -0.05) is 6.07 Å². The summed E-state index contributed by atoms with van der Waals surface area (Å²) in [4.78, 5) is 0. The fourth-order valence-electron chi connectivity index (χ4n) is 2.42. The summed E-state index contributed by atoms with van der Waals surface area (Å²) in [7, 11) is 1.64. The van der Waals surface area contributed by atoms with E-state index in [1.165, 1.54) is 0 Å². The molecule has 1 N–H and O–H groups in total. The summed E-state index contributed by atoms with van der Waals surface area (Å²) < 4.78 is 16.3. The molecule has 1 aliphatic rings. The third kappa shape index (κ3) is 4.11. The number of aliphatic hydroxyl groups excluding tert-OH is 1. The van der Waals surface area contributed by atoms with Crippen molar-refractivity contribution in [3.8, 4) is 11.5 Å². The van der Waals surface area contributed by atoms with Gasteiger partial charge in [-0.3, -0.25) is 0 Å². The van der Waals surface area contributed by atoms with E-state index in [9.17, 15) is 5.11 Å². The van der Waals surface area contributed by atoms with Gasteiger partial charge in [-0.15, -0.1) is 0 Å². The maximum Gasteiger partial charge on any atom is 0.123 e. The average molecular weight is 266 g/mol. The van der Waals surface area contributed by atoms with Crippen molar-refractivity contribution in [3.63, 3.8) is 0 Å². The molecule has 1 fully saturated rings. The lowest BCUT2D eigenvalue weighted by molar-refractivity contribution is 0.0199. The second-order valence-electron chi connectivity index (χ2n) is 4.88. The van der Waals surface area contributed by atoms with Gasteiger partial charge in [0, 0.05) is 31.8 Å². The highest BCUT2D eigenvalue weighted by molar-refractivity contribution is 5.32. The fourth-order valence-corrected chi connectivity index (χ4v) is 2.42. The molecular weight excluding hydrogens is 244 g/mol. The van der Waals surface area contributed by atoms with Crippen LogP contribution >= 0.6 is 0 Å². The van der Waals surface area contributed by atoms with E-state index in [-0.39, 0.29) is 12.5 Å². The lowest BCUT2D eigenvalue weighted by Crippen LogP contribution is -2.30. The predicted octanol–water partition coefficient (Wildman–Crippen LogP) is 2.11. The molecule has 1 atom stereocenters. The summed E-state index contributed by atoms with van der Waals surface area (Å²) in [5.74, 6) is 2.23. The van der Waals surface area contributed by atoms with Gasteiger partial charge in [0.05, 0.1) is 13.7 Å². The van der Waals surface area contributed by atoms with E-state index in [4.69, 9.17) is 14.2 Å². The van der Waals surface area contributed by atoms with E-state index in [0.717, 1.165) is 37.6 Å². The van der Waals surface area contributed by atoms with Gasteiger partial charge in [0.1, 0.15) is 11.5 Å². The molecule has 0 amide bonds. The Morgan fingerprint density at radius 1 is 1.32 bits per heavy atom. The van der Waals surface area contributed by atoms with Crippen molar-refractivity contribution >= 4 is 0 Å². The van der Waals surface area contributed by atoms with Crippen LogP contribution in [0.4, 0.5) is 0 Å². The molecule has 1 aliphatic heterocycles. The summed E-state index contributed by atoms with van der Waals surface area (Å²) in [5, 5.41) is 9.51. The maximum absolute atomic E-state index is 9.51. The highest BCUT2D eigenvalue weighted by atomic mass is 16.5. The number of ether oxygens (including phenoxy) is 3. The Labute approximate surface area is 114 Å². The number of hydrogen-bond donors (Lipinski definition) is 1. The minimum Gasteiger partial charge on any atom is -0.497 e. The van der Waals surface area contributed by atoms with Crippen molar-refractivity contribution in [1.29, 1.82) is 0 Å². The predicted molar refractivity (Wildman–Crippen MR) is 72.6 cm³/mol. The number of methoxy groups -OCH3 is 1. The lowest BCUT2D eigenvalue weighted by atomic mass is 9.87. The molecule has 106 valence electrons. The Hall–Kier alpha value is -1.26. The third-order valence-corrected chi connectivity index (χ3v) is 3.67. The highest BCUT2D eigenvalue weighted by Gasteiger charge is 2.24. The first kappa shape index (κ1) is 14.2. The van der Waals surface area contributed by atoms with Crippen LogP contribution < -0.4 is 9.47 Å². The first-order valence-corrected chi connectivity index (χ1v) is 6.79. The second-order valence-corrected chi connectivity index (χ2v) is 4.88. The van der Waals surface area contributed by atoms with Gasteiger partial charge in [-0.25, -0.2) is 0 Å². The van der Waals surface area contributed by atoms with Crippen LogP contribution in [0, 0.1) is 11.8 Å². The highest BCUT2D eigenvalue weighted by Crippen LogP contribution is 2.25. The Kier molecular flexibility index (Phi) is 5.48. The van der Waals surface area contributed by atoms with Crippen LogP contribution in [-0.2, 0) is 4.74 Å². The molecule has 4 heteroatoms. The second kappa shape index (κ2) is 7.36. The summed E-state index contributed by atoms with van der Waals surface area (Å²) in [6.45, 7) is 2.28. The van der Waals surface area contributed by atoms with Crippen LogP contribution in [0.1, 0.15) is 12.8 Å². The van der Waals surface area contributed by atoms with Gasteiger partial charge in [-0.05, 0) is 30.9 Å². The monoisotopic (exact) mass is 266 g/mol. The Balaban J connectivity index is 1.87. The standard InChI is InChI=1S/C15H22O4/c1-17-14-3-2-4-15(9-14)19-11-13(10-16)12-5-7-18-8-6-12/h2-4,9,12-13,16H,5-8,10-11H2,1H3. The number of hydrogen-bond acceptors (Lipinski definition) is 4. The molecule has 0 aliphatic carbocycles. The molecule has 19 heavy (non-hydrogen) atoms. The lowest BCUT2D eigenvalue weighted by Gasteiger charge is -2.29. The van der Waals surface area contributed by atoms with E-state index in [0.29, 0.717) is 12.5 Å². The third-order valence-electron chi connectivity index (χ3n) is 3.67. The molecule has 0 aromatic heterocycles. The quantitative estimate of drug-likeness (QED) is 0.856. The first-order chi connectivity index (χ1) is 9.33. The van der Waals surface area contributed by atoms with Crippen molar-refractivity contribution in [1.82, 2.24) is 0 Å². The number of aliphatic hydroxyl groups is 1. The zero-order valence-corrected chi connectivity index (χ0v) is 11.4. The summed E-state index contributed by atoms with van der Waals surface area (Å²) in [6, 6.07) is 7.55. The van der Waals surface area contributed by atoms with Crippen molar-refractivity contribution in [3.05, 3.63) is 24.3 Å². The van der Waals surface area contributed by atoms with Crippen molar-refractivity contribution in [2.45, 2.75) is 12.8 Å². The molecule has 0 bridgehead atoms. The van der Waals surface area contributed by atoms with E-state index >= 15 is 0 Å². The van der Waals surface area contributed by atoms with Gasteiger partial charge < -0.3 is 19.3 Å². The fraction of sp³-hybridized carbons (Fsp3) is 0.600. The molecule has 1 heterocycles. The van der Waals surface area contributed by atoms with Crippen molar-refractivity contribution < 1.29 is 19.3 Å². The van der Waals surface area contributed by atoms with Crippen LogP contribution in [0.2, 0.25) is 0 Å². The van der Waals surface area contributed by atoms with Gasteiger partial charge in [-0.2, -0.15) is 0 Å². The van der Waals surface area contributed by atoms with E-state index in [2.05, 4.69) is 0 Å². The minimum absolute atomic E-state index is 0.161. The van der Waals surface area contributed by atoms with Crippen LogP contribution in [0.5, 0.6) is 11.5 Å². The number of rotatable bonds is 6. The summed E-state index contributed by atoms with van der Waals surface area (Å²) >= 11 is 0. The Bertz CT molecular complexity index is 374. The van der Waals surface area contributed by atoms with Crippen molar-refractivity contribution in [2.75, 3.05) is 33.5 Å². The largest absolute Gasteiger partial charge is 0.497 e. The van der Waals surface area contributed by atoms with E-state index in [1.807, 2.05) is 24.3 Å². The number of benzene rings is 1. The average Bonchev–Trinajstić information content (AvgIpc) is 2.49. The molecule has 1 aromatic rings. The SMILES string of the molecule is COc1cccc(OCC(CO)C2CCOCC2)c1. The van der Waals surface area contributed by atoms with Crippen LogP contribution in [-0.4, -0.2) is 38.6 Å². The molecule has 4 nitrogen and oxygen atoms in total. The summed E-state index contributed by atoms with van der Waals surface area (Å²) in [6.07, 6.45) is 2.01. The van der Waals surface area contributed by atoms with Gasteiger partial charge in [0.25, 0.3) is 0 Å². The minimum atomic E-state index is 0.161. The van der Waals surface area contributed by atoms with Gasteiger partial charge >= 0.3 is 0 Å². The molecule has 1 unspecified atom stereocenters. The zero-order valence-electron chi connectivity index (χ0n) is 11.4. The smallest absolute Gasteiger partial charge is 0.123 e. The molecule has 0 saturated carbocycles. The van der Waals surface area contributed by atoms with Crippen LogP contribution in [0.25, 0.3) is 0 Å². The molecule has 1 aromatic carbocycles. The zero-order chi connectivity index (χ0) is 13.5. The topological polar surface area (TPSA) is 47.9 Å². The normalized spacial score (nSPS) is 18.0. The Morgan fingerprint density at radius 2 is 2.05 bits per heavy atom. The van der Waals surface area contributed by atoms with E-state index < -0.39 is 0 Å². The summed E-state index contributed by atoms with van der Waals surface area (Å²) in [5.41, 5.74) is 0. The molecule has 0 spiro atoms. The van der Waals surface area contributed by atoms with Crippen LogP contribution in [0.3, 0.4) is 0 Å². The maximum atomic E-state index is 9.51. The molecule has 0 radical (unpaired) electrons. The van der Waals surface area contributed by atoms with Gasteiger partial charge in [0.2, 0.25) is 0 Å². The van der Waals surface area contributed by atoms with E-state index in [1.54, 1.807) is 7.11 Å². The Morgan fingerprint density at radius 3 is 2.74 bits per heavy atom. The van der Waals surface area contributed by atoms with Crippen molar-refractivity contribution in [2.24, 2.45) is 11.8 Å².